The Morgan fingerprint density at radius 2 is 1.51 bits per heavy atom. The van der Waals surface area contributed by atoms with E-state index >= 15 is 0 Å². The summed E-state index contributed by atoms with van der Waals surface area (Å²) in [6.45, 7) is 3.01. The van der Waals surface area contributed by atoms with Gasteiger partial charge in [-0.05, 0) is 25.7 Å². The molecule has 14 heteroatoms. The molecule has 2 saturated heterocycles. The molecule has 12 nitrogen and oxygen atoms in total. The van der Waals surface area contributed by atoms with Gasteiger partial charge in [0, 0.05) is 67.4 Å². The first-order valence-corrected chi connectivity index (χ1v) is 17.0. The first-order valence-electron chi connectivity index (χ1n) is 16.3. The Morgan fingerprint density at radius 1 is 0.898 bits per heavy atom. The lowest BCUT2D eigenvalue weighted by Crippen LogP contribution is -2.34. The number of nitrogens with one attached hydrogen (secondary N) is 3. The van der Waals surface area contributed by atoms with E-state index in [1.165, 1.54) is 0 Å². The molecule has 0 radical (unpaired) electrons. The van der Waals surface area contributed by atoms with E-state index in [9.17, 15) is 9.59 Å². The van der Waals surface area contributed by atoms with Crippen molar-refractivity contribution in [2.45, 2.75) is 44.7 Å². The molecule has 2 aromatic carbocycles. The number of halogens is 2. The first-order chi connectivity index (χ1) is 23.9. The number of aryl methyl sites for hydroxylation is 1. The fourth-order valence-corrected chi connectivity index (χ4v) is 6.75. The minimum absolute atomic E-state index is 0.0431. The number of aromatic nitrogens is 4. The molecule has 4 heterocycles. The maximum Gasteiger partial charge on any atom is 0.317 e. The van der Waals surface area contributed by atoms with Crippen LogP contribution in [0.5, 0.6) is 11.8 Å². The molecule has 3 N–H and O–H groups in total. The van der Waals surface area contributed by atoms with Gasteiger partial charge in [0.15, 0.2) is 0 Å². The maximum atomic E-state index is 11.8. The van der Waals surface area contributed by atoms with Gasteiger partial charge in [0.05, 0.1) is 48.0 Å². The van der Waals surface area contributed by atoms with Crippen LogP contribution in [0.1, 0.15) is 37.1 Å². The molecule has 0 spiro atoms. The van der Waals surface area contributed by atoms with Gasteiger partial charge in [0.1, 0.15) is 11.4 Å². The second kappa shape index (κ2) is 15.8. The second-order valence-corrected chi connectivity index (χ2v) is 12.6. The number of rotatable bonds is 14. The lowest BCUT2D eigenvalue weighted by atomic mass is 9.98. The third-order valence-electron chi connectivity index (χ3n) is 8.70. The van der Waals surface area contributed by atoms with Gasteiger partial charge < -0.3 is 30.3 Å². The number of hydrogen-bond donors (Lipinski definition) is 3. The molecule has 0 bridgehead atoms. The average molecular weight is 706 g/mol. The van der Waals surface area contributed by atoms with Gasteiger partial charge in [-0.1, -0.05) is 59.6 Å². The highest BCUT2D eigenvalue weighted by Crippen LogP contribution is 2.42. The molecule has 2 fully saturated rings. The van der Waals surface area contributed by atoms with Crippen LogP contribution in [0.2, 0.25) is 10.0 Å². The van der Waals surface area contributed by atoms with Gasteiger partial charge in [0.25, 0.3) is 0 Å². The van der Waals surface area contributed by atoms with E-state index in [4.69, 9.17) is 42.6 Å². The molecule has 1 atom stereocenters. The molecule has 0 saturated carbocycles. The minimum atomic E-state index is -0.0431. The Labute approximate surface area is 295 Å². The zero-order valence-electron chi connectivity index (χ0n) is 27.4. The van der Waals surface area contributed by atoms with Crippen molar-refractivity contribution in [2.75, 3.05) is 40.4 Å². The van der Waals surface area contributed by atoms with Gasteiger partial charge >= 0.3 is 6.03 Å². The van der Waals surface area contributed by atoms with Gasteiger partial charge in [0.2, 0.25) is 17.7 Å². The van der Waals surface area contributed by atoms with Crippen molar-refractivity contribution in [1.82, 2.24) is 40.8 Å². The third-order valence-corrected chi connectivity index (χ3v) is 9.51. The fraction of sp³-hybridized carbons (Fsp3) is 0.371. The SMILES string of the molecule is COc1nc(-c2cccc(-c3cccc(-c4cnc(CNCCN5CCNC5=O)c(OC)n4)c3Cl)c2Cl)cnc1CCC[C@@H]1CCC(=O)N1. The predicted molar refractivity (Wildman–Crippen MR) is 188 cm³/mol. The Balaban J connectivity index is 1.18. The molecule has 0 aliphatic carbocycles. The van der Waals surface area contributed by atoms with Crippen molar-refractivity contribution in [3.63, 3.8) is 0 Å². The van der Waals surface area contributed by atoms with Crippen molar-refractivity contribution >= 4 is 35.1 Å². The van der Waals surface area contributed by atoms with Gasteiger partial charge in [-0.2, -0.15) is 0 Å². The normalized spacial score (nSPS) is 15.8. The Kier molecular flexibility index (Phi) is 11.1. The molecule has 2 aliphatic rings. The highest BCUT2D eigenvalue weighted by Gasteiger charge is 2.22. The highest BCUT2D eigenvalue weighted by atomic mass is 35.5. The van der Waals surface area contributed by atoms with Gasteiger partial charge in [-0.15, -0.1) is 0 Å². The van der Waals surface area contributed by atoms with Crippen molar-refractivity contribution in [1.29, 1.82) is 0 Å². The van der Waals surface area contributed by atoms with Crippen molar-refractivity contribution in [2.24, 2.45) is 0 Å². The summed E-state index contributed by atoms with van der Waals surface area (Å²) in [6.07, 6.45) is 7.27. The monoisotopic (exact) mass is 704 g/mol. The molecule has 256 valence electrons. The van der Waals surface area contributed by atoms with E-state index in [1.54, 1.807) is 31.5 Å². The molecule has 6 rings (SSSR count). The van der Waals surface area contributed by atoms with Crippen LogP contribution in [0.25, 0.3) is 33.6 Å². The van der Waals surface area contributed by atoms with E-state index in [0.717, 1.165) is 36.1 Å². The lowest BCUT2D eigenvalue weighted by molar-refractivity contribution is -0.119. The van der Waals surface area contributed by atoms with E-state index < -0.39 is 0 Å². The third kappa shape index (κ3) is 7.87. The molecule has 0 unspecified atom stereocenters. The molecule has 3 amide bonds. The van der Waals surface area contributed by atoms with E-state index in [1.807, 2.05) is 36.4 Å². The number of amides is 3. The molecule has 4 aromatic rings. The topological polar surface area (TPSA) is 143 Å². The number of urea groups is 1. The lowest BCUT2D eigenvalue weighted by Gasteiger charge is -2.16. The van der Waals surface area contributed by atoms with E-state index in [-0.39, 0.29) is 18.0 Å². The Morgan fingerprint density at radius 3 is 2.08 bits per heavy atom. The summed E-state index contributed by atoms with van der Waals surface area (Å²) in [7, 11) is 3.13. The van der Waals surface area contributed by atoms with Gasteiger partial charge in [-0.25, -0.2) is 14.8 Å². The summed E-state index contributed by atoms with van der Waals surface area (Å²) in [6, 6.07) is 11.5. The number of hydrogen-bond acceptors (Lipinski definition) is 9. The van der Waals surface area contributed by atoms with Crippen LogP contribution in [-0.4, -0.2) is 83.2 Å². The number of carbonyl (C=O) groups is 2. The van der Waals surface area contributed by atoms with Crippen LogP contribution in [0.15, 0.2) is 48.8 Å². The molecule has 2 aromatic heterocycles. The van der Waals surface area contributed by atoms with Crippen LogP contribution in [0, 0.1) is 0 Å². The first kappa shape index (κ1) is 34.3. The van der Waals surface area contributed by atoms with Crippen LogP contribution >= 0.6 is 23.2 Å². The minimum Gasteiger partial charge on any atom is -0.480 e. The molecule has 2 aliphatic heterocycles. The summed E-state index contributed by atoms with van der Waals surface area (Å²) in [5.41, 5.74) is 5.34. The summed E-state index contributed by atoms with van der Waals surface area (Å²) < 4.78 is 11.2. The van der Waals surface area contributed by atoms with Crippen LogP contribution in [-0.2, 0) is 17.8 Å². The van der Waals surface area contributed by atoms with Crippen molar-refractivity contribution in [3.05, 3.63) is 70.2 Å². The standard InChI is InChI=1S/C35H38Cl2N8O4/c1-48-33-26(11-3-6-21-12-13-30(46)42-21)40-19-27(43-33)24-9-4-7-22(31(24)36)23-8-5-10-25(32(23)37)28-20-41-29(34(44-28)49-2)18-38-14-16-45-17-15-39-35(45)47/h4-5,7-10,19-21,38H,3,6,11-18H2,1-2H3,(H,39,47)(H,42,46)/t21-/m1/s1. The zero-order valence-corrected chi connectivity index (χ0v) is 28.9. The number of benzene rings is 2. The summed E-state index contributed by atoms with van der Waals surface area (Å²) in [5.74, 6) is 0.944. The Hall–Kier alpha value is -4.52. The van der Waals surface area contributed by atoms with Gasteiger partial charge in [-0.3, -0.25) is 14.8 Å². The van der Waals surface area contributed by atoms with Crippen molar-refractivity contribution < 1.29 is 19.1 Å². The quantitative estimate of drug-likeness (QED) is 0.149. The smallest absolute Gasteiger partial charge is 0.317 e. The van der Waals surface area contributed by atoms with E-state index in [0.29, 0.717) is 95.6 Å². The maximum absolute atomic E-state index is 11.8. The number of methoxy groups -OCH3 is 2. The summed E-state index contributed by atoms with van der Waals surface area (Å²) in [4.78, 5) is 43.8. The van der Waals surface area contributed by atoms with Crippen LogP contribution in [0.4, 0.5) is 4.79 Å². The zero-order chi connectivity index (χ0) is 34.3. The molecular weight excluding hydrogens is 667 g/mol. The predicted octanol–water partition coefficient (Wildman–Crippen LogP) is 5.31. The summed E-state index contributed by atoms with van der Waals surface area (Å²) >= 11 is 14.1. The molecule has 49 heavy (non-hydrogen) atoms. The fourth-order valence-electron chi connectivity index (χ4n) is 6.10. The second-order valence-electron chi connectivity index (χ2n) is 11.8. The van der Waals surface area contributed by atoms with Crippen LogP contribution < -0.4 is 25.4 Å². The average Bonchev–Trinajstić information content (AvgIpc) is 3.73. The van der Waals surface area contributed by atoms with E-state index in [2.05, 4.69) is 25.9 Å². The van der Waals surface area contributed by atoms with Crippen LogP contribution in [0.3, 0.4) is 0 Å². The number of nitrogens with zero attached hydrogens (tertiary/aromatic N) is 5. The summed E-state index contributed by atoms with van der Waals surface area (Å²) in [5, 5.41) is 10.1. The number of carbonyl (C=O) groups excluding carboxylic acids is 2. The number of ether oxygens (including phenoxy) is 2. The largest absolute Gasteiger partial charge is 0.480 e. The Bertz CT molecular complexity index is 1840. The molecular formula is C35H38Cl2N8O4. The van der Waals surface area contributed by atoms with Crippen molar-refractivity contribution in [3.8, 4) is 45.4 Å². The highest BCUT2D eigenvalue weighted by molar-refractivity contribution is 6.39.